The van der Waals surface area contributed by atoms with Crippen LogP contribution in [0.4, 0.5) is 0 Å². The fraction of sp³-hybridized carbons (Fsp3) is 0.600. The molecule has 8 nitrogen and oxygen atoms in total. The third-order valence-electron chi connectivity index (χ3n) is 5.02. The molecule has 1 amide bonds. The number of esters is 1. The van der Waals surface area contributed by atoms with Crippen LogP contribution < -0.4 is 10.4 Å². The minimum atomic E-state index is -3.91. The summed E-state index contributed by atoms with van der Waals surface area (Å²) >= 11 is 0. The lowest BCUT2D eigenvalue weighted by atomic mass is 9.87. The van der Waals surface area contributed by atoms with Crippen LogP contribution in [0.2, 0.25) is 0 Å². The number of carbonyl (C=O) groups excluding carboxylic acids is 2. The lowest BCUT2D eigenvalue weighted by molar-refractivity contribution is -0.147. The number of benzene rings is 1. The molecule has 0 spiro atoms. The first-order valence-electron chi connectivity index (χ1n) is 11.7. The second kappa shape index (κ2) is 13.2. The molecule has 1 unspecified atom stereocenters. The van der Waals surface area contributed by atoms with E-state index in [1.807, 2.05) is 52.8 Å². The van der Waals surface area contributed by atoms with E-state index in [4.69, 9.17) is 13.8 Å². The Labute approximate surface area is 207 Å². The summed E-state index contributed by atoms with van der Waals surface area (Å²) in [7, 11) is -3.91. The van der Waals surface area contributed by atoms with Crippen LogP contribution in [0.1, 0.15) is 67.5 Å². The molecule has 34 heavy (non-hydrogen) atoms. The molecule has 0 radical (unpaired) electrons. The Balaban J connectivity index is 0. The number of amides is 1. The van der Waals surface area contributed by atoms with Gasteiger partial charge in [-0.3, -0.25) is 18.6 Å². The number of hydrogen-bond donors (Lipinski definition) is 2. The molecule has 0 aromatic heterocycles. The molecule has 1 fully saturated rings. The molecule has 196 valence electrons. The van der Waals surface area contributed by atoms with Crippen molar-refractivity contribution in [2.75, 3.05) is 13.2 Å². The van der Waals surface area contributed by atoms with Crippen molar-refractivity contribution in [3.8, 4) is 0 Å². The standard InChI is InChI=1S/C23H35N2O6P.C2H6.2H2/c1-15(2)8-9-24-21(26)20-23(6,7)14-30-32(28,31-20)25-18(5)22(27)29-13-19-11-16(3)10-17(4)12-19;1-2;;/h10-12,18,20H,1,8-9,13-14H2,2-7H3,(H,24,26)(H,25,28);1-2H3;2*1H/t18-,20-,32?;;;/m0.../s1. The highest BCUT2D eigenvalue weighted by Crippen LogP contribution is 2.53. The van der Waals surface area contributed by atoms with Gasteiger partial charge in [0.1, 0.15) is 12.6 Å². The number of aryl methyl sites for hydroxylation is 2. The van der Waals surface area contributed by atoms with Crippen molar-refractivity contribution in [1.82, 2.24) is 10.4 Å². The first-order valence-corrected chi connectivity index (χ1v) is 13.2. The molecule has 9 heteroatoms. The summed E-state index contributed by atoms with van der Waals surface area (Å²) in [6.07, 6.45) is -0.368. The number of ether oxygens (including phenoxy) is 1. The Morgan fingerprint density at radius 1 is 1.26 bits per heavy atom. The summed E-state index contributed by atoms with van der Waals surface area (Å²) in [6, 6.07) is 4.95. The molecule has 1 aliphatic rings. The molecule has 1 saturated heterocycles. The number of hydrogen-bond acceptors (Lipinski definition) is 6. The molecule has 0 bridgehead atoms. The average molecular weight is 501 g/mol. The normalized spacial score (nSPS) is 22.1. The van der Waals surface area contributed by atoms with Gasteiger partial charge in [-0.05, 0) is 39.7 Å². The van der Waals surface area contributed by atoms with E-state index in [0.29, 0.717) is 13.0 Å². The van der Waals surface area contributed by atoms with Crippen molar-refractivity contribution >= 4 is 19.6 Å². The Hall–Kier alpha value is -1.99. The highest BCUT2D eigenvalue weighted by Gasteiger charge is 2.48. The van der Waals surface area contributed by atoms with Gasteiger partial charge in [-0.15, -0.1) is 6.58 Å². The third-order valence-corrected chi connectivity index (χ3v) is 6.68. The van der Waals surface area contributed by atoms with E-state index in [0.717, 1.165) is 22.3 Å². The van der Waals surface area contributed by atoms with Crippen LogP contribution in [-0.2, 0) is 34.5 Å². The van der Waals surface area contributed by atoms with Gasteiger partial charge in [-0.1, -0.05) is 62.6 Å². The Bertz CT molecular complexity index is 906. The van der Waals surface area contributed by atoms with E-state index in [2.05, 4.69) is 17.0 Å². The van der Waals surface area contributed by atoms with Gasteiger partial charge < -0.3 is 10.1 Å². The maximum atomic E-state index is 13.1. The van der Waals surface area contributed by atoms with E-state index < -0.39 is 31.3 Å². The van der Waals surface area contributed by atoms with Gasteiger partial charge in [0.25, 0.3) is 0 Å². The van der Waals surface area contributed by atoms with Gasteiger partial charge in [-0.25, -0.2) is 9.65 Å². The Kier molecular flexibility index (Phi) is 11.7. The van der Waals surface area contributed by atoms with Crippen molar-refractivity contribution in [2.45, 2.75) is 80.6 Å². The fourth-order valence-corrected chi connectivity index (χ4v) is 5.26. The van der Waals surface area contributed by atoms with Crippen molar-refractivity contribution < 1.29 is 30.8 Å². The molecule has 3 atom stereocenters. The molecule has 2 rings (SSSR count). The zero-order chi connectivity index (χ0) is 26.1. The Morgan fingerprint density at radius 2 is 1.85 bits per heavy atom. The van der Waals surface area contributed by atoms with E-state index in [1.54, 1.807) is 13.8 Å². The SMILES string of the molecule is C=C(C)CCNC(=O)[C@@H]1OP(=O)(N[C@@H](C)C(=O)OCc2cc(C)cc(C)c2)OCC1(C)C.CC.[HH].[HH]. The van der Waals surface area contributed by atoms with E-state index >= 15 is 0 Å². The molecule has 1 aromatic rings. The minimum Gasteiger partial charge on any atom is -0.460 e. The lowest BCUT2D eigenvalue weighted by Crippen LogP contribution is -2.51. The van der Waals surface area contributed by atoms with Crippen LogP contribution in [0, 0.1) is 19.3 Å². The highest BCUT2D eigenvalue weighted by molar-refractivity contribution is 7.51. The zero-order valence-electron chi connectivity index (χ0n) is 21.8. The molecule has 1 heterocycles. The number of nitrogens with one attached hydrogen (secondary N) is 2. The predicted octanol–water partition coefficient (Wildman–Crippen LogP) is 5.48. The van der Waals surface area contributed by atoms with Crippen LogP contribution >= 0.6 is 7.75 Å². The Morgan fingerprint density at radius 3 is 2.41 bits per heavy atom. The molecule has 0 aliphatic carbocycles. The monoisotopic (exact) mass is 500 g/mol. The van der Waals surface area contributed by atoms with E-state index in [-0.39, 0.29) is 22.0 Å². The van der Waals surface area contributed by atoms with E-state index in [1.165, 1.54) is 6.92 Å². The predicted molar refractivity (Wildman–Crippen MR) is 139 cm³/mol. The summed E-state index contributed by atoms with van der Waals surface area (Å²) in [6.45, 7) is 19.3. The van der Waals surface area contributed by atoms with Gasteiger partial charge in [-0.2, -0.15) is 0 Å². The first-order chi connectivity index (χ1) is 15.8. The summed E-state index contributed by atoms with van der Waals surface area (Å²) in [4.78, 5) is 25.1. The van der Waals surface area contributed by atoms with Crippen molar-refractivity contribution in [1.29, 1.82) is 0 Å². The van der Waals surface area contributed by atoms with E-state index in [9.17, 15) is 14.2 Å². The van der Waals surface area contributed by atoms with Crippen LogP contribution in [0.15, 0.2) is 30.4 Å². The van der Waals surface area contributed by atoms with Crippen LogP contribution in [0.3, 0.4) is 0 Å². The van der Waals surface area contributed by atoms with Gasteiger partial charge in [0.05, 0.1) is 6.61 Å². The fourth-order valence-electron chi connectivity index (χ4n) is 3.32. The quantitative estimate of drug-likeness (QED) is 0.263. The highest BCUT2D eigenvalue weighted by atomic mass is 31.2. The first kappa shape index (κ1) is 30.0. The van der Waals surface area contributed by atoms with Crippen molar-refractivity contribution in [3.05, 3.63) is 47.0 Å². The maximum absolute atomic E-state index is 13.1. The summed E-state index contributed by atoms with van der Waals surface area (Å²) < 4.78 is 29.5. The molecule has 0 saturated carbocycles. The summed E-state index contributed by atoms with van der Waals surface area (Å²) in [5.74, 6) is -0.981. The average Bonchev–Trinajstić information content (AvgIpc) is 2.74. The van der Waals surface area contributed by atoms with Gasteiger partial charge in [0, 0.05) is 14.8 Å². The smallest absolute Gasteiger partial charge is 0.407 e. The van der Waals surface area contributed by atoms with Crippen LogP contribution in [0.25, 0.3) is 0 Å². The van der Waals surface area contributed by atoms with Gasteiger partial charge in [0.2, 0.25) is 5.91 Å². The summed E-state index contributed by atoms with van der Waals surface area (Å²) in [5, 5.41) is 5.37. The maximum Gasteiger partial charge on any atom is 0.407 e. The number of carbonyl (C=O) groups is 2. The minimum absolute atomic E-state index is 0. The van der Waals surface area contributed by atoms with Crippen molar-refractivity contribution in [2.24, 2.45) is 5.41 Å². The van der Waals surface area contributed by atoms with Crippen molar-refractivity contribution in [3.63, 3.8) is 0 Å². The van der Waals surface area contributed by atoms with Gasteiger partial charge in [0.15, 0.2) is 6.10 Å². The zero-order valence-corrected chi connectivity index (χ0v) is 22.7. The molecular formula is C25H45N2O6P. The molecule has 1 aliphatic heterocycles. The second-order valence-electron chi connectivity index (χ2n) is 9.20. The molecule has 2 N–H and O–H groups in total. The third kappa shape index (κ3) is 9.34. The van der Waals surface area contributed by atoms with Gasteiger partial charge >= 0.3 is 13.7 Å². The molecule has 1 aromatic carbocycles. The topological polar surface area (TPSA) is 103 Å². The van der Waals surface area contributed by atoms with Crippen LogP contribution in [0.5, 0.6) is 0 Å². The summed E-state index contributed by atoms with van der Waals surface area (Å²) in [5.41, 5.74) is 3.26. The lowest BCUT2D eigenvalue weighted by Gasteiger charge is -2.40. The largest absolute Gasteiger partial charge is 0.460 e. The second-order valence-corrected chi connectivity index (χ2v) is 10.9. The molecular weight excluding hydrogens is 455 g/mol. The number of rotatable bonds is 9. The van der Waals surface area contributed by atoms with Crippen LogP contribution in [-0.4, -0.2) is 37.2 Å².